The molecule has 3 atom stereocenters. The second kappa shape index (κ2) is 8.59. The zero-order valence-corrected chi connectivity index (χ0v) is 18.8. The Morgan fingerprint density at radius 3 is 2.39 bits per heavy atom. The molecule has 0 saturated heterocycles. The molecule has 2 unspecified atom stereocenters. The highest BCUT2D eigenvalue weighted by atomic mass is 35.5. The first-order valence-corrected chi connectivity index (χ1v) is 12.2. The van der Waals surface area contributed by atoms with Gasteiger partial charge in [-0.3, -0.25) is 4.79 Å². The first-order valence-electron chi connectivity index (χ1n) is 10.3. The van der Waals surface area contributed by atoms with Crippen LogP contribution in [0.1, 0.15) is 29.6 Å². The van der Waals surface area contributed by atoms with E-state index in [4.69, 9.17) is 11.6 Å². The molecule has 2 bridgehead atoms. The molecule has 5 rings (SSSR count). The molecule has 33 heavy (non-hydrogen) atoms. The van der Waals surface area contributed by atoms with Crippen LogP contribution < -0.4 is 5.32 Å². The number of aliphatic hydroxyl groups excluding tert-OH is 2. The lowest BCUT2D eigenvalue weighted by molar-refractivity contribution is -0.237. The maximum absolute atomic E-state index is 13.4. The van der Waals surface area contributed by atoms with Gasteiger partial charge in [-0.15, -0.1) is 0 Å². The van der Waals surface area contributed by atoms with Gasteiger partial charge in [-0.1, -0.05) is 11.6 Å². The van der Waals surface area contributed by atoms with Crippen LogP contribution in [0, 0.1) is 23.5 Å². The second-order valence-electron chi connectivity index (χ2n) is 8.58. The normalized spacial score (nSPS) is 27.5. The molecule has 3 aliphatic carbocycles. The van der Waals surface area contributed by atoms with Gasteiger partial charge < -0.3 is 20.6 Å². The van der Waals surface area contributed by atoms with Gasteiger partial charge in [0.1, 0.15) is 6.10 Å². The Morgan fingerprint density at radius 1 is 1.12 bits per heavy atom. The van der Waals surface area contributed by atoms with Gasteiger partial charge in [-0.05, 0) is 61.4 Å². The quantitative estimate of drug-likeness (QED) is 0.482. The number of rotatable bonds is 6. The van der Waals surface area contributed by atoms with Crippen LogP contribution in [-0.4, -0.2) is 53.2 Å². The van der Waals surface area contributed by atoms with Crippen molar-refractivity contribution in [2.45, 2.75) is 41.1 Å². The highest BCUT2D eigenvalue weighted by Gasteiger charge is 2.63. The SMILES string of the molecule is O=C(Nc1ccc(F)c(F)c1)c1ccc(Cl)c(S(=O)(=O)C2CC3CC(C2)C3(O)[C@H](O)CO)c1. The van der Waals surface area contributed by atoms with Crippen molar-refractivity contribution < 1.29 is 37.3 Å². The summed E-state index contributed by atoms with van der Waals surface area (Å²) in [6.07, 6.45) is -0.650. The molecule has 0 aliphatic heterocycles. The average molecular weight is 502 g/mol. The number of halogens is 3. The highest BCUT2D eigenvalue weighted by Crippen LogP contribution is 2.57. The minimum atomic E-state index is -4.00. The molecule has 3 saturated carbocycles. The molecule has 0 radical (unpaired) electrons. The van der Waals surface area contributed by atoms with E-state index in [1.807, 2.05) is 0 Å². The van der Waals surface area contributed by atoms with Gasteiger partial charge in [0.25, 0.3) is 5.91 Å². The van der Waals surface area contributed by atoms with Crippen LogP contribution in [0.5, 0.6) is 0 Å². The number of nitrogens with one attached hydrogen (secondary N) is 1. The van der Waals surface area contributed by atoms with E-state index in [-0.39, 0.29) is 34.0 Å². The van der Waals surface area contributed by atoms with Crippen molar-refractivity contribution in [3.05, 3.63) is 58.6 Å². The third-order valence-electron chi connectivity index (χ3n) is 6.79. The fraction of sp³-hybridized carbons (Fsp3) is 0.409. The number of benzene rings is 2. The third kappa shape index (κ3) is 4.04. The van der Waals surface area contributed by atoms with Crippen molar-refractivity contribution >= 4 is 33.0 Å². The number of anilines is 1. The summed E-state index contributed by atoms with van der Waals surface area (Å²) >= 11 is 6.16. The van der Waals surface area contributed by atoms with Gasteiger partial charge in [0.15, 0.2) is 21.5 Å². The molecule has 4 N–H and O–H groups in total. The number of sulfone groups is 1. The fourth-order valence-electron chi connectivity index (χ4n) is 4.96. The summed E-state index contributed by atoms with van der Waals surface area (Å²) in [6.45, 7) is -0.623. The first kappa shape index (κ1) is 24.0. The van der Waals surface area contributed by atoms with E-state index in [9.17, 15) is 37.3 Å². The van der Waals surface area contributed by atoms with Gasteiger partial charge in [-0.25, -0.2) is 17.2 Å². The maximum atomic E-state index is 13.4. The molecular weight excluding hydrogens is 480 g/mol. The van der Waals surface area contributed by atoms with Crippen molar-refractivity contribution in [1.82, 2.24) is 0 Å². The molecule has 0 aromatic heterocycles. The Morgan fingerprint density at radius 2 is 1.79 bits per heavy atom. The number of carbonyl (C=O) groups is 1. The van der Waals surface area contributed by atoms with Crippen molar-refractivity contribution in [2.75, 3.05) is 11.9 Å². The second-order valence-corrected chi connectivity index (χ2v) is 11.2. The Balaban J connectivity index is 1.56. The number of amides is 1. The third-order valence-corrected chi connectivity index (χ3v) is 9.45. The zero-order valence-electron chi connectivity index (χ0n) is 17.2. The summed E-state index contributed by atoms with van der Waals surface area (Å²) in [6, 6.07) is 6.53. The van der Waals surface area contributed by atoms with Crippen molar-refractivity contribution in [3.8, 4) is 0 Å². The lowest BCUT2D eigenvalue weighted by Gasteiger charge is -2.59. The summed E-state index contributed by atoms with van der Waals surface area (Å²) in [7, 11) is -4.00. The molecule has 11 heteroatoms. The van der Waals surface area contributed by atoms with E-state index < -0.39 is 62.8 Å². The van der Waals surface area contributed by atoms with Gasteiger partial charge in [0.2, 0.25) is 0 Å². The van der Waals surface area contributed by atoms with Crippen LogP contribution in [0.3, 0.4) is 0 Å². The Bertz CT molecular complexity index is 1200. The predicted molar refractivity (Wildman–Crippen MR) is 116 cm³/mol. The fourth-order valence-corrected chi connectivity index (χ4v) is 7.36. The van der Waals surface area contributed by atoms with E-state index in [2.05, 4.69) is 5.32 Å². The Kier molecular flexibility index (Phi) is 6.25. The van der Waals surface area contributed by atoms with E-state index in [1.54, 1.807) is 0 Å². The first-order chi connectivity index (χ1) is 15.5. The van der Waals surface area contributed by atoms with Gasteiger partial charge >= 0.3 is 0 Å². The lowest BCUT2D eigenvalue weighted by Crippen LogP contribution is -2.68. The Labute approximate surface area is 193 Å². The van der Waals surface area contributed by atoms with E-state index >= 15 is 0 Å². The molecule has 0 spiro atoms. The molecule has 2 aromatic carbocycles. The Hall–Kier alpha value is -2.11. The number of carbonyl (C=O) groups excluding carboxylic acids is 1. The van der Waals surface area contributed by atoms with Gasteiger partial charge in [0, 0.05) is 17.3 Å². The minimum Gasteiger partial charge on any atom is -0.394 e. The van der Waals surface area contributed by atoms with Gasteiger partial charge in [-0.2, -0.15) is 0 Å². The average Bonchev–Trinajstić information content (AvgIpc) is 2.80. The van der Waals surface area contributed by atoms with Crippen LogP contribution in [0.25, 0.3) is 0 Å². The molecule has 1 amide bonds. The molecular formula is C22H22ClF2NO6S. The van der Waals surface area contributed by atoms with Crippen molar-refractivity contribution in [3.63, 3.8) is 0 Å². The largest absolute Gasteiger partial charge is 0.394 e. The van der Waals surface area contributed by atoms with Crippen LogP contribution >= 0.6 is 11.6 Å². The van der Waals surface area contributed by atoms with Crippen LogP contribution in [0.2, 0.25) is 5.02 Å². The summed E-state index contributed by atoms with van der Waals surface area (Å²) in [4.78, 5) is 12.3. The standard InChI is InChI=1S/C22H22ClF2NO6S/c23-16-3-1-11(21(29)26-14-2-4-17(24)18(25)9-14)5-19(16)33(31,32)15-7-12-6-13(8-15)22(12,30)20(28)10-27/h1-5,9,12-13,15,20,27-28,30H,6-8,10H2,(H,26,29)/t12?,13?,15?,20-,22?/m1/s1. The lowest BCUT2D eigenvalue weighted by atomic mass is 9.52. The maximum Gasteiger partial charge on any atom is 0.255 e. The number of hydrogen-bond acceptors (Lipinski definition) is 6. The monoisotopic (exact) mass is 501 g/mol. The van der Waals surface area contributed by atoms with Crippen molar-refractivity contribution in [1.29, 1.82) is 0 Å². The summed E-state index contributed by atoms with van der Waals surface area (Å²) in [5.74, 6) is -3.93. The number of hydrogen-bond donors (Lipinski definition) is 4. The van der Waals surface area contributed by atoms with Crippen molar-refractivity contribution in [2.24, 2.45) is 11.8 Å². The molecule has 7 nitrogen and oxygen atoms in total. The summed E-state index contributed by atoms with van der Waals surface area (Å²) < 4.78 is 53.2. The van der Waals surface area contributed by atoms with E-state index in [0.29, 0.717) is 6.42 Å². The summed E-state index contributed by atoms with van der Waals surface area (Å²) in [5, 5.41) is 31.4. The van der Waals surface area contributed by atoms with Crippen LogP contribution in [0.4, 0.5) is 14.5 Å². The van der Waals surface area contributed by atoms with Crippen LogP contribution in [0.15, 0.2) is 41.3 Å². The highest BCUT2D eigenvalue weighted by molar-refractivity contribution is 7.92. The summed E-state index contributed by atoms with van der Waals surface area (Å²) in [5.41, 5.74) is -1.57. The van der Waals surface area contributed by atoms with Crippen LogP contribution in [-0.2, 0) is 9.84 Å². The number of aliphatic hydroxyl groups is 3. The zero-order chi connectivity index (χ0) is 24.1. The number of fused-ring (bicyclic) bond motifs is 2. The minimum absolute atomic E-state index is 0.00708. The smallest absolute Gasteiger partial charge is 0.255 e. The molecule has 3 fully saturated rings. The molecule has 3 aliphatic rings. The molecule has 178 valence electrons. The molecule has 0 heterocycles. The topological polar surface area (TPSA) is 124 Å². The van der Waals surface area contributed by atoms with Gasteiger partial charge in [0.05, 0.1) is 27.4 Å². The van der Waals surface area contributed by atoms with E-state index in [0.717, 1.165) is 18.2 Å². The predicted octanol–water partition coefficient (Wildman–Crippen LogP) is 2.53. The molecule has 2 aromatic rings. The van der Waals surface area contributed by atoms with E-state index in [1.165, 1.54) is 18.2 Å².